The summed E-state index contributed by atoms with van der Waals surface area (Å²) in [5, 5.41) is 2.90. The number of carbonyl (C=O) groups is 1. The minimum absolute atomic E-state index is 0.119. The van der Waals surface area contributed by atoms with Crippen LogP contribution < -0.4 is 5.32 Å². The van der Waals surface area contributed by atoms with Gasteiger partial charge in [0.1, 0.15) is 0 Å². The summed E-state index contributed by atoms with van der Waals surface area (Å²) in [4.78, 5) is 12.3. The predicted molar refractivity (Wildman–Crippen MR) is 94.0 cm³/mol. The summed E-state index contributed by atoms with van der Waals surface area (Å²) in [7, 11) is 0. The maximum Gasteiger partial charge on any atom is 0.255 e. The van der Waals surface area contributed by atoms with E-state index >= 15 is 0 Å². The number of benzene rings is 3. The number of anilines is 1. The van der Waals surface area contributed by atoms with Gasteiger partial charge in [-0.25, -0.2) is 0 Å². The van der Waals surface area contributed by atoms with Gasteiger partial charge in [0.25, 0.3) is 5.91 Å². The predicted octanol–water partition coefficient (Wildman–Crippen LogP) is 5.37. The van der Waals surface area contributed by atoms with Gasteiger partial charge in [0, 0.05) is 10.0 Å². The summed E-state index contributed by atoms with van der Waals surface area (Å²) >= 11 is 3.42. The summed E-state index contributed by atoms with van der Waals surface area (Å²) in [6.07, 6.45) is 0. The summed E-state index contributed by atoms with van der Waals surface area (Å²) < 4.78 is 0.865. The molecular formula is C19H14BrNO. The van der Waals surface area contributed by atoms with Crippen molar-refractivity contribution in [3.05, 3.63) is 88.9 Å². The van der Waals surface area contributed by atoms with Crippen molar-refractivity contribution in [3.63, 3.8) is 0 Å². The number of halogens is 1. The smallest absolute Gasteiger partial charge is 0.255 e. The molecule has 0 aromatic heterocycles. The highest BCUT2D eigenvalue weighted by molar-refractivity contribution is 9.10. The van der Waals surface area contributed by atoms with E-state index < -0.39 is 0 Å². The lowest BCUT2D eigenvalue weighted by Crippen LogP contribution is -2.12. The van der Waals surface area contributed by atoms with Crippen molar-refractivity contribution in [1.82, 2.24) is 0 Å². The molecule has 0 unspecified atom stereocenters. The lowest BCUT2D eigenvalue weighted by atomic mass is 10.0. The highest BCUT2D eigenvalue weighted by Gasteiger charge is 2.08. The van der Waals surface area contributed by atoms with E-state index in [0.29, 0.717) is 5.56 Å². The number of rotatable bonds is 3. The van der Waals surface area contributed by atoms with Crippen LogP contribution in [0, 0.1) is 0 Å². The molecule has 0 spiro atoms. The van der Waals surface area contributed by atoms with Gasteiger partial charge in [-0.1, -0.05) is 54.6 Å². The first-order chi connectivity index (χ1) is 10.7. The van der Waals surface area contributed by atoms with Crippen molar-refractivity contribution >= 4 is 27.5 Å². The topological polar surface area (TPSA) is 29.1 Å². The molecule has 0 saturated carbocycles. The number of carbonyl (C=O) groups excluding carboxylic acids is 1. The van der Waals surface area contributed by atoms with Crippen molar-refractivity contribution < 1.29 is 4.79 Å². The quantitative estimate of drug-likeness (QED) is 0.675. The molecule has 22 heavy (non-hydrogen) atoms. The molecule has 3 rings (SSSR count). The monoisotopic (exact) mass is 351 g/mol. The summed E-state index contributed by atoms with van der Waals surface area (Å²) in [5.41, 5.74) is 3.63. The Morgan fingerprint density at radius 3 is 2.00 bits per heavy atom. The van der Waals surface area contributed by atoms with Crippen LogP contribution in [-0.2, 0) is 0 Å². The molecule has 3 aromatic rings. The Bertz CT molecular complexity index is 782. The van der Waals surface area contributed by atoms with E-state index in [1.165, 1.54) is 0 Å². The Hall–Kier alpha value is -2.39. The minimum atomic E-state index is -0.119. The van der Waals surface area contributed by atoms with E-state index in [1.807, 2.05) is 66.7 Å². The van der Waals surface area contributed by atoms with Crippen LogP contribution >= 0.6 is 15.9 Å². The van der Waals surface area contributed by atoms with Gasteiger partial charge in [-0.3, -0.25) is 4.79 Å². The largest absolute Gasteiger partial charge is 0.321 e. The molecule has 0 aliphatic rings. The van der Waals surface area contributed by atoms with E-state index in [4.69, 9.17) is 0 Å². The average molecular weight is 352 g/mol. The summed E-state index contributed by atoms with van der Waals surface area (Å²) in [5.74, 6) is -0.119. The van der Waals surface area contributed by atoms with Gasteiger partial charge in [-0.2, -0.15) is 0 Å². The Balaban J connectivity index is 1.78. The van der Waals surface area contributed by atoms with Crippen LogP contribution in [0.5, 0.6) is 0 Å². The molecule has 3 aromatic carbocycles. The third-order valence-corrected chi connectivity index (χ3v) is 4.07. The van der Waals surface area contributed by atoms with Gasteiger partial charge in [0.05, 0.1) is 5.69 Å². The van der Waals surface area contributed by atoms with Gasteiger partial charge >= 0.3 is 0 Å². The highest BCUT2D eigenvalue weighted by Crippen LogP contribution is 2.23. The first-order valence-corrected chi connectivity index (χ1v) is 7.75. The fourth-order valence-corrected chi connectivity index (χ4v) is 2.59. The molecule has 1 amide bonds. The number of hydrogen-bond acceptors (Lipinski definition) is 1. The first-order valence-electron chi connectivity index (χ1n) is 6.95. The Kier molecular flexibility index (Phi) is 4.35. The molecule has 0 aliphatic carbocycles. The first kappa shape index (κ1) is 14.5. The fraction of sp³-hybridized carbons (Fsp3) is 0. The van der Waals surface area contributed by atoms with Crippen LogP contribution in [-0.4, -0.2) is 5.91 Å². The Labute approximate surface area is 137 Å². The Morgan fingerprint density at radius 1 is 0.727 bits per heavy atom. The van der Waals surface area contributed by atoms with Crippen molar-refractivity contribution in [2.24, 2.45) is 0 Å². The molecular weight excluding hydrogens is 338 g/mol. The third-order valence-electron chi connectivity index (χ3n) is 3.38. The van der Waals surface area contributed by atoms with Crippen molar-refractivity contribution in [2.75, 3.05) is 5.32 Å². The van der Waals surface area contributed by atoms with Crippen LogP contribution in [0.2, 0.25) is 0 Å². The molecule has 2 nitrogen and oxygen atoms in total. The Morgan fingerprint density at radius 2 is 1.32 bits per heavy atom. The van der Waals surface area contributed by atoms with E-state index in [0.717, 1.165) is 21.3 Å². The minimum Gasteiger partial charge on any atom is -0.321 e. The number of amides is 1. The van der Waals surface area contributed by atoms with Crippen LogP contribution in [0.4, 0.5) is 5.69 Å². The van der Waals surface area contributed by atoms with E-state index in [1.54, 1.807) is 0 Å². The number of para-hydroxylation sites is 1. The zero-order valence-corrected chi connectivity index (χ0v) is 13.4. The zero-order chi connectivity index (χ0) is 15.4. The molecule has 0 aliphatic heterocycles. The zero-order valence-electron chi connectivity index (χ0n) is 11.8. The standard InChI is InChI=1S/C19H14BrNO/c20-17-8-4-5-9-18(17)21-19(22)16-12-10-15(11-13-16)14-6-2-1-3-7-14/h1-13H,(H,21,22). The normalized spacial score (nSPS) is 10.2. The van der Waals surface area contributed by atoms with Gasteiger partial charge in [-0.05, 0) is 51.3 Å². The molecule has 0 heterocycles. The van der Waals surface area contributed by atoms with E-state index in [9.17, 15) is 4.79 Å². The second-order valence-corrected chi connectivity index (χ2v) is 5.73. The van der Waals surface area contributed by atoms with Crippen LogP contribution in [0.25, 0.3) is 11.1 Å². The van der Waals surface area contributed by atoms with Gasteiger partial charge in [-0.15, -0.1) is 0 Å². The van der Waals surface area contributed by atoms with Crippen molar-refractivity contribution in [3.8, 4) is 11.1 Å². The van der Waals surface area contributed by atoms with E-state index in [-0.39, 0.29) is 5.91 Å². The van der Waals surface area contributed by atoms with Crippen LogP contribution in [0.3, 0.4) is 0 Å². The molecule has 0 fully saturated rings. The lowest BCUT2D eigenvalue weighted by molar-refractivity contribution is 0.102. The number of hydrogen-bond donors (Lipinski definition) is 1. The number of nitrogens with one attached hydrogen (secondary N) is 1. The van der Waals surface area contributed by atoms with E-state index in [2.05, 4.69) is 33.4 Å². The maximum absolute atomic E-state index is 12.3. The van der Waals surface area contributed by atoms with Gasteiger partial charge < -0.3 is 5.32 Å². The third kappa shape index (κ3) is 3.26. The van der Waals surface area contributed by atoms with Crippen molar-refractivity contribution in [2.45, 2.75) is 0 Å². The molecule has 0 saturated heterocycles. The average Bonchev–Trinajstić information content (AvgIpc) is 2.58. The molecule has 3 heteroatoms. The molecule has 108 valence electrons. The van der Waals surface area contributed by atoms with Gasteiger partial charge in [0.2, 0.25) is 0 Å². The summed E-state index contributed by atoms with van der Waals surface area (Å²) in [6, 6.07) is 25.3. The summed E-state index contributed by atoms with van der Waals surface area (Å²) in [6.45, 7) is 0. The van der Waals surface area contributed by atoms with Crippen LogP contribution in [0.1, 0.15) is 10.4 Å². The van der Waals surface area contributed by atoms with Crippen LogP contribution in [0.15, 0.2) is 83.3 Å². The molecule has 0 bridgehead atoms. The fourth-order valence-electron chi connectivity index (χ4n) is 2.20. The lowest BCUT2D eigenvalue weighted by Gasteiger charge is -2.08. The second-order valence-electron chi connectivity index (χ2n) is 4.88. The highest BCUT2D eigenvalue weighted by atomic mass is 79.9. The second kappa shape index (κ2) is 6.58. The molecule has 1 N–H and O–H groups in total. The molecule has 0 atom stereocenters. The maximum atomic E-state index is 12.3. The van der Waals surface area contributed by atoms with Crippen molar-refractivity contribution in [1.29, 1.82) is 0 Å². The SMILES string of the molecule is O=C(Nc1ccccc1Br)c1ccc(-c2ccccc2)cc1. The molecule has 0 radical (unpaired) electrons. The van der Waals surface area contributed by atoms with Gasteiger partial charge in [0.15, 0.2) is 0 Å².